The van der Waals surface area contributed by atoms with Crippen LogP contribution in [0.1, 0.15) is 10.4 Å². The lowest BCUT2D eigenvalue weighted by atomic mass is 10.2. The standard InChI is InChI=1S/C10H8Cl2N4O/c1-16-3-2-9(15-16)14-10(17)6-4-7(11)13-8(12)5-6/h2-5H,1H3,(H,14,15,17). The van der Waals surface area contributed by atoms with Gasteiger partial charge in [0.1, 0.15) is 10.3 Å². The number of aromatic nitrogens is 3. The maximum Gasteiger partial charge on any atom is 0.257 e. The predicted octanol–water partition coefficient (Wildman–Crippen LogP) is 2.37. The Morgan fingerprint density at radius 2 is 2.00 bits per heavy atom. The molecular formula is C10H8Cl2N4O. The summed E-state index contributed by atoms with van der Waals surface area (Å²) in [6.07, 6.45) is 1.72. The average molecular weight is 271 g/mol. The van der Waals surface area contributed by atoms with Crippen molar-refractivity contribution >= 4 is 34.9 Å². The average Bonchev–Trinajstić information content (AvgIpc) is 2.62. The molecular weight excluding hydrogens is 263 g/mol. The van der Waals surface area contributed by atoms with Crippen molar-refractivity contribution in [1.82, 2.24) is 14.8 Å². The molecule has 1 amide bonds. The highest BCUT2D eigenvalue weighted by molar-refractivity contribution is 6.33. The molecule has 88 valence electrons. The van der Waals surface area contributed by atoms with Crippen molar-refractivity contribution in [2.75, 3.05) is 5.32 Å². The molecule has 0 fully saturated rings. The molecule has 0 unspecified atom stereocenters. The molecule has 2 aromatic rings. The number of hydrogen-bond donors (Lipinski definition) is 1. The van der Waals surface area contributed by atoms with Crippen molar-refractivity contribution in [2.45, 2.75) is 0 Å². The topological polar surface area (TPSA) is 59.8 Å². The fraction of sp³-hybridized carbons (Fsp3) is 0.100. The van der Waals surface area contributed by atoms with Gasteiger partial charge in [0.25, 0.3) is 5.91 Å². The van der Waals surface area contributed by atoms with E-state index < -0.39 is 0 Å². The van der Waals surface area contributed by atoms with Crippen molar-refractivity contribution in [3.05, 3.63) is 40.3 Å². The largest absolute Gasteiger partial charge is 0.305 e. The van der Waals surface area contributed by atoms with Gasteiger partial charge >= 0.3 is 0 Å². The first kappa shape index (κ1) is 11.9. The summed E-state index contributed by atoms with van der Waals surface area (Å²) in [6.45, 7) is 0. The molecule has 0 aliphatic carbocycles. The zero-order valence-corrected chi connectivity index (χ0v) is 10.3. The number of rotatable bonds is 2. The molecule has 2 rings (SSSR count). The highest BCUT2D eigenvalue weighted by atomic mass is 35.5. The van der Waals surface area contributed by atoms with Crippen LogP contribution in [0.15, 0.2) is 24.4 Å². The van der Waals surface area contributed by atoms with Crippen LogP contribution < -0.4 is 5.32 Å². The third kappa shape index (κ3) is 2.95. The van der Waals surface area contributed by atoms with Crippen LogP contribution in [-0.4, -0.2) is 20.7 Å². The lowest BCUT2D eigenvalue weighted by Gasteiger charge is -2.02. The van der Waals surface area contributed by atoms with Crippen LogP contribution in [0, 0.1) is 0 Å². The minimum atomic E-state index is -0.338. The number of hydrogen-bond acceptors (Lipinski definition) is 3. The Balaban J connectivity index is 2.19. The molecule has 0 radical (unpaired) electrons. The molecule has 7 heteroatoms. The van der Waals surface area contributed by atoms with E-state index in [2.05, 4.69) is 15.4 Å². The van der Waals surface area contributed by atoms with Gasteiger partial charge in [-0.2, -0.15) is 5.10 Å². The first-order valence-electron chi connectivity index (χ1n) is 4.69. The van der Waals surface area contributed by atoms with E-state index >= 15 is 0 Å². The molecule has 2 aromatic heterocycles. The number of halogens is 2. The summed E-state index contributed by atoms with van der Waals surface area (Å²) < 4.78 is 1.59. The summed E-state index contributed by atoms with van der Waals surface area (Å²) in [5.74, 6) is 0.122. The van der Waals surface area contributed by atoms with Gasteiger partial charge in [-0.25, -0.2) is 4.98 Å². The number of carbonyl (C=O) groups is 1. The summed E-state index contributed by atoms with van der Waals surface area (Å²) in [4.78, 5) is 15.6. The van der Waals surface area contributed by atoms with Gasteiger partial charge in [-0.1, -0.05) is 23.2 Å². The summed E-state index contributed by atoms with van der Waals surface area (Å²) in [5.41, 5.74) is 0.334. The molecule has 0 saturated heterocycles. The second-order valence-electron chi connectivity index (χ2n) is 3.33. The summed E-state index contributed by atoms with van der Waals surface area (Å²) >= 11 is 11.4. The van der Waals surface area contributed by atoms with Crippen LogP contribution >= 0.6 is 23.2 Å². The van der Waals surface area contributed by atoms with Crippen LogP contribution in [0.4, 0.5) is 5.82 Å². The van der Waals surface area contributed by atoms with E-state index in [1.165, 1.54) is 12.1 Å². The Bertz CT molecular complexity index is 547. The molecule has 0 saturated carbocycles. The molecule has 0 aliphatic heterocycles. The first-order chi connectivity index (χ1) is 8.04. The smallest absolute Gasteiger partial charge is 0.257 e. The van der Waals surface area contributed by atoms with Crippen molar-refractivity contribution in [3.63, 3.8) is 0 Å². The van der Waals surface area contributed by atoms with Crippen LogP contribution in [-0.2, 0) is 7.05 Å². The molecule has 0 spiro atoms. The van der Waals surface area contributed by atoms with E-state index in [0.29, 0.717) is 11.4 Å². The molecule has 5 nitrogen and oxygen atoms in total. The fourth-order valence-electron chi connectivity index (χ4n) is 1.27. The number of nitrogens with one attached hydrogen (secondary N) is 1. The molecule has 0 bridgehead atoms. The van der Waals surface area contributed by atoms with E-state index in [1.54, 1.807) is 24.0 Å². The third-order valence-electron chi connectivity index (χ3n) is 1.98. The number of nitrogens with zero attached hydrogens (tertiary/aromatic N) is 3. The van der Waals surface area contributed by atoms with E-state index in [-0.39, 0.29) is 16.2 Å². The minimum Gasteiger partial charge on any atom is -0.305 e. The predicted molar refractivity (Wildman–Crippen MR) is 65.4 cm³/mol. The van der Waals surface area contributed by atoms with Gasteiger partial charge in [-0.3, -0.25) is 9.48 Å². The summed E-state index contributed by atoms with van der Waals surface area (Å²) in [5, 5.41) is 6.98. The van der Waals surface area contributed by atoms with E-state index in [9.17, 15) is 4.79 Å². The van der Waals surface area contributed by atoms with Gasteiger partial charge in [-0.15, -0.1) is 0 Å². The second kappa shape index (κ2) is 4.73. The van der Waals surface area contributed by atoms with E-state index in [4.69, 9.17) is 23.2 Å². The number of anilines is 1. The Morgan fingerprint density at radius 3 is 2.53 bits per heavy atom. The zero-order valence-electron chi connectivity index (χ0n) is 8.82. The molecule has 17 heavy (non-hydrogen) atoms. The lowest BCUT2D eigenvalue weighted by Crippen LogP contribution is -2.12. The van der Waals surface area contributed by atoms with Gasteiger partial charge in [0, 0.05) is 24.9 Å². The molecule has 0 aliphatic rings. The Kier molecular flexibility index (Phi) is 3.31. The third-order valence-corrected chi connectivity index (χ3v) is 2.37. The zero-order chi connectivity index (χ0) is 12.4. The summed E-state index contributed by atoms with van der Waals surface area (Å²) in [6, 6.07) is 4.56. The Morgan fingerprint density at radius 1 is 1.35 bits per heavy atom. The number of amides is 1. The Hall–Kier alpha value is -1.59. The highest BCUT2D eigenvalue weighted by Crippen LogP contribution is 2.15. The van der Waals surface area contributed by atoms with Crippen LogP contribution in [0.5, 0.6) is 0 Å². The molecule has 2 heterocycles. The quantitative estimate of drug-likeness (QED) is 0.853. The minimum absolute atomic E-state index is 0.170. The van der Waals surface area contributed by atoms with Crippen molar-refractivity contribution in [2.24, 2.45) is 7.05 Å². The molecule has 1 N–H and O–H groups in total. The second-order valence-corrected chi connectivity index (χ2v) is 4.10. The fourth-order valence-corrected chi connectivity index (χ4v) is 1.73. The highest BCUT2D eigenvalue weighted by Gasteiger charge is 2.10. The number of carbonyl (C=O) groups excluding carboxylic acids is 1. The van der Waals surface area contributed by atoms with Gasteiger partial charge in [0.15, 0.2) is 5.82 Å². The summed E-state index contributed by atoms with van der Waals surface area (Å²) in [7, 11) is 1.76. The maximum absolute atomic E-state index is 11.8. The van der Waals surface area contributed by atoms with Gasteiger partial charge in [-0.05, 0) is 12.1 Å². The van der Waals surface area contributed by atoms with Gasteiger partial charge in [0.05, 0.1) is 0 Å². The number of aryl methyl sites for hydroxylation is 1. The normalized spacial score (nSPS) is 10.3. The van der Waals surface area contributed by atoms with Gasteiger partial charge < -0.3 is 5.32 Å². The SMILES string of the molecule is Cn1ccc(NC(=O)c2cc(Cl)nc(Cl)c2)n1. The van der Waals surface area contributed by atoms with Crippen LogP contribution in [0.3, 0.4) is 0 Å². The number of pyridine rings is 1. The maximum atomic E-state index is 11.8. The van der Waals surface area contributed by atoms with Crippen LogP contribution in [0.25, 0.3) is 0 Å². The van der Waals surface area contributed by atoms with Crippen molar-refractivity contribution in [1.29, 1.82) is 0 Å². The monoisotopic (exact) mass is 270 g/mol. The first-order valence-corrected chi connectivity index (χ1v) is 5.44. The van der Waals surface area contributed by atoms with Crippen molar-refractivity contribution in [3.8, 4) is 0 Å². The van der Waals surface area contributed by atoms with Crippen LogP contribution in [0.2, 0.25) is 10.3 Å². The van der Waals surface area contributed by atoms with E-state index in [0.717, 1.165) is 0 Å². The van der Waals surface area contributed by atoms with Gasteiger partial charge in [0.2, 0.25) is 0 Å². The van der Waals surface area contributed by atoms with E-state index in [1.807, 2.05) is 0 Å². The van der Waals surface area contributed by atoms with Crippen molar-refractivity contribution < 1.29 is 4.79 Å². The molecule has 0 aromatic carbocycles. The Labute approximate surface area is 107 Å². The lowest BCUT2D eigenvalue weighted by molar-refractivity contribution is 0.102. The molecule has 0 atom stereocenters.